The van der Waals surface area contributed by atoms with Gasteiger partial charge in [-0.15, -0.1) is 0 Å². The van der Waals surface area contributed by atoms with Crippen LogP contribution < -0.4 is 10.2 Å². The van der Waals surface area contributed by atoms with Crippen LogP contribution in [0.4, 0.5) is 10.1 Å². The summed E-state index contributed by atoms with van der Waals surface area (Å²) in [6.45, 7) is 1.88. The molecule has 148 valence electrons. The van der Waals surface area contributed by atoms with Crippen LogP contribution in [0.3, 0.4) is 0 Å². The molecule has 6 heteroatoms. The van der Waals surface area contributed by atoms with Crippen molar-refractivity contribution in [3.63, 3.8) is 0 Å². The zero-order chi connectivity index (χ0) is 20.0. The van der Waals surface area contributed by atoms with Gasteiger partial charge in [0.25, 0.3) is 0 Å². The number of nitrogens with one attached hydrogen (secondary N) is 1. The molecule has 29 heavy (non-hydrogen) atoms. The zero-order valence-corrected chi connectivity index (χ0v) is 16.4. The molecule has 0 saturated carbocycles. The van der Waals surface area contributed by atoms with Gasteiger partial charge in [-0.1, -0.05) is 30.3 Å². The monoisotopic (exact) mass is 390 g/mol. The molecule has 2 aliphatic heterocycles. The molecule has 0 unspecified atom stereocenters. The number of benzene rings is 2. The number of rotatable bonds is 3. The number of halogens is 1. The van der Waals surface area contributed by atoms with Crippen LogP contribution in [0.5, 0.6) is 0 Å². The van der Waals surface area contributed by atoms with Gasteiger partial charge >= 0.3 is 0 Å². The van der Waals surface area contributed by atoms with Crippen LogP contribution in [0.15, 0.2) is 54.9 Å². The molecule has 1 aromatic heterocycles. The topological polar surface area (TPSA) is 50.2 Å². The predicted octanol–water partition coefficient (Wildman–Crippen LogP) is 3.39. The molecule has 0 radical (unpaired) electrons. The smallest absolute Gasteiger partial charge is 0.238 e. The summed E-state index contributed by atoms with van der Waals surface area (Å²) in [5.41, 5.74) is 3.69. The fourth-order valence-electron chi connectivity index (χ4n) is 4.69. The third-order valence-corrected chi connectivity index (χ3v) is 6.24. The minimum absolute atomic E-state index is 0.0935. The van der Waals surface area contributed by atoms with E-state index >= 15 is 0 Å². The fourth-order valence-corrected chi connectivity index (χ4v) is 4.69. The lowest BCUT2D eigenvalue weighted by Gasteiger charge is -2.33. The molecule has 1 fully saturated rings. The van der Waals surface area contributed by atoms with Crippen LogP contribution in [-0.2, 0) is 23.8 Å². The molecule has 1 N–H and O–H groups in total. The van der Waals surface area contributed by atoms with Crippen LogP contribution in [-0.4, -0.2) is 28.8 Å². The predicted molar refractivity (Wildman–Crippen MR) is 110 cm³/mol. The summed E-state index contributed by atoms with van der Waals surface area (Å²) < 4.78 is 16.7. The van der Waals surface area contributed by atoms with E-state index < -0.39 is 5.41 Å². The molecular formula is C23H23FN4O. The third kappa shape index (κ3) is 2.86. The van der Waals surface area contributed by atoms with Crippen molar-refractivity contribution in [1.82, 2.24) is 15.1 Å². The van der Waals surface area contributed by atoms with Crippen LogP contribution in [0, 0.1) is 5.82 Å². The molecule has 2 aliphatic rings. The van der Waals surface area contributed by atoms with Crippen molar-refractivity contribution in [2.75, 3.05) is 18.0 Å². The van der Waals surface area contributed by atoms with Gasteiger partial charge in [0.15, 0.2) is 0 Å². The van der Waals surface area contributed by atoms with Crippen LogP contribution >= 0.6 is 0 Å². The Kier molecular flexibility index (Phi) is 4.24. The Morgan fingerprint density at radius 1 is 1.14 bits per heavy atom. The number of nitrogens with zero attached hydrogens (tertiary/aromatic N) is 3. The number of amides is 1. The van der Waals surface area contributed by atoms with Gasteiger partial charge in [-0.25, -0.2) is 4.39 Å². The van der Waals surface area contributed by atoms with Gasteiger partial charge in [-0.05, 0) is 49.2 Å². The third-order valence-electron chi connectivity index (χ3n) is 6.24. The standard InChI is InChI=1S/C23H23FN4O/c1-27-14-18(13-26-27)16-6-7-17(20(24)12-16)15-28-21-5-3-2-4-19(21)23(22(28)29)8-10-25-11-9-23/h2-7,12-14,25H,8-11,15H2,1H3. The first-order chi connectivity index (χ1) is 14.1. The van der Waals surface area contributed by atoms with E-state index in [-0.39, 0.29) is 18.3 Å². The second kappa shape index (κ2) is 6.81. The van der Waals surface area contributed by atoms with E-state index in [0.29, 0.717) is 5.56 Å². The molecular weight excluding hydrogens is 367 g/mol. The molecule has 1 saturated heterocycles. The van der Waals surface area contributed by atoms with E-state index in [2.05, 4.69) is 16.5 Å². The van der Waals surface area contributed by atoms with Gasteiger partial charge in [-0.2, -0.15) is 5.10 Å². The fraction of sp³-hybridized carbons (Fsp3) is 0.304. The van der Waals surface area contributed by atoms with Gasteiger partial charge in [0.05, 0.1) is 18.2 Å². The minimum Gasteiger partial charge on any atom is -0.317 e. The van der Waals surface area contributed by atoms with Gasteiger partial charge in [0.1, 0.15) is 5.82 Å². The summed E-state index contributed by atoms with van der Waals surface area (Å²) in [5.74, 6) is -0.209. The molecule has 2 aromatic carbocycles. The Morgan fingerprint density at radius 2 is 1.93 bits per heavy atom. The van der Waals surface area contributed by atoms with Gasteiger partial charge in [0.2, 0.25) is 5.91 Å². The average molecular weight is 390 g/mol. The lowest BCUT2D eigenvalue weighted by atomic mass is 9.74. The summed E-state index contributed by atoms with van der Waals surface area (Å²) in [6, 6.07) is 13.2. The minimum atomic E-state index is -0.478. The molecule has 1 amide bonds. The van der Waals surface area contributed by atoms with E-state index in [0.717, 1.165) is 48.3 Å². The maximum Gasteiger partial charge on any atom is 0.238 e. The Morgan fingerprint density at radius 3 is 2.66 bits per heavy atom. The van der Waals surface area contributed by atoms with E-state index in [1.54, 1.807) is 21.8 Å². The largest absolute Gasteiger partial charge is 0.317 e. The lowest BCUT2D eigenvalue weighted by Crippen LogP contribution is -2.47. The highest BCUT2D eigenvalue weighted by atomic mass is 19.1. The SMILES string of the molecule is Cn1cc(-c2ccc(CN3C(=O)C4(CCNCC4)c4ccccc43)c(F)c2)cn1. The number of piperidine rings is 1. The molecule has 3 heterocycles. The second-order valence-corrected chi connectivity index (χ2v) is 7.95. The van der Waals surface area contributed by atoms with E-state index in [9.17, 15) is 9.18 Å². The number of carbonyl (C=O) groups excluding carboxylic acids is 1. The molecule has 0 atom stereocenters. The second-order valence-electron chi connectivity index (χ2n) is 7.95. The summed E-state index contributed by atoms with van der Waals surface area (Å²) in [7, 11) is 1.83. The van der Waals surface area contributed by atoms with E-state index in [1.165, 1.54) is 6.07 Å². The summed E-state index contributed by atoms with van der Waals surface area (Å²) in [5, 5.41) is 7.49. The number of aromatic nitrogens is 2. The maximum absolute atomic E-state index is 15.0. The molecule has 5 rings (SSSR count). The highest BCUT2D eigenvalue weighted by molar-refractivity contribution is 6.08. The highest BCUT2D eigenvalue weighted by Crippen LogP contribution is 2.47. The first kappa shape index (κ1) is 18.1. The van der Waals surface area contributed by atoms with Crippen molar-refractivity contribution in [3.8, 4) is 11.1 Å². The molecule has 5 nitrogen and oxygen atoms in total. The number of hydrogen-bond acceptors (Lipinski definition) is 3. The van der Waals surface area contributed by atoms with Crippen LogP contribution in [0.1, 0.15) is 24.0 Å². The number of carbonyl (C=O) groups is 1. The van der Waals surface area contributed by atoms with Crippen molar-refractivity contribution in [2.45, 2.75) is 24.8 Å². The van der Waals surface area contributed by atoms with Crippen molar-refractivity contribution >= 4 is 11.6 Å². The van der Waals surface area contributed by atoms with Gasteiger partial charge < -0.3 is 10.2 Å². The van der Waals surface area contributed by atoms with Crippen LogP contribution in [0.2, 0.25) is 0 Å². The number of fused-ring (bicyclic) bond motifs is 2. The van der Waals surface area contributed by atoms with Gasteiger partial charge in [-0.3, -0.25) is 9.48 Å². The average Bonchev–Trinajstić information content (AvgIpc) is 3.27. The Bertz CT molecular complexity index is 1080. The Labute approximate surface area is 169 Å². The van der Waals surface area contributed by atoms with E-state index in [4.69, 9.17) is 0 Å². The number of hydrogen-bond donors (Lipinski definition) is 1. The van der Waals surface area contributed by atoms with Crippen LogP contribution in [0.25, 0.3) is 11.1 Å². The van der Waals surface area contributed by atoms with Crippen molar-refractivity contribution in [3.05, 3.63) is 71.8 Å². The number of aryl methyl sites for hydroxylation is 1. The molecule has 1 spiro atoms. The van der Waals surface area contributed by atoms with Crippen molar-refractivity contribution in [1.29, 1.82) is 0 Å². The normalized spacial score (nSPS) is 17.7. The first-order valence-corrected chi connectivity index (χ1v) is 9.98. The summed E-state index contributed by atoms with van der Waals surface area (Å²) >= 11 is 0. The molecule has 0 bridgehead atoms. The van der Waals surface area contributed by atoms with Crippen molar-refractivity contribution in [2.24, 2.45) is 7.05 Å². The Balaban J connectivity index is 1.48. The molecule has 3 aromatic rings. The number of para-hydroxylation sites is 1. The first-order valence-electron chi connectivity index (χ1n) is 9.98. The summed E-state index contributed by atoms with van der Waals surface area (Å²) in [6.07, 6.45) is 5.13. The molecule has 0 aliphatic carbocycles. The summed E-state index contributed by atoms with van der Waals surface area (Å²) in [4.78, 5) is 15.3. The quantitative estimate of drug-likeness (QED) is 0.746. The van der Waals surface area contributed by atoms with Crippen molar-refractivity contribution < 1.29 is 9.18 Å². The number of anilines is 1. The van der Waals surface area contributed by atoms with Gasteiger partial charge in [0, 0.05) is 30.1 Å². The lowest BCUT2D eigenvalue weighted by molar-refractivity contribution is -0.124. The highest BCUT2D eigenvalue weighted by Gasteiger charge is 2.50. The maximum atomic E-state index is 15.0. The van der Waals surface area contributed by atoms with E-state index in [1.807, 2.05) is 37.5 Å². The zero-order valence-electron chi connectivity index (χ0n) is 16.4. The Hall–Kier alpha value is -2.99.